The third-order valence-corrected chi connectivity index (χ3v) is 4.62. The summed E-state index contributed by atoms with van der Waals surface area (Å²) in [6.07, 6.45) is -1.30. The Hall–Kier alpha value is -3.48. The van der Waals surface area contributed by atoms with Crippen molar-refractivity contribution in [3.05, 3.63) is 101 Å². The van der Waals surface area contributed by atoms with Crippen LogP contribution in [-0.2, 0) is 4.79 Å². The van der Waals surface area contributed by atoms with Crippen LogP contribution < -0.4 is 10.7 Å². The maximum atomic E-state index is 12.3. The molecule has 3 rings (SSSR count). The summed E-state index contributed by atoms with van der Waals surface area (Å²) in [5.41, 5.74) is 5.29. The van der Waals surface area contributed by atoms with E-state index < -0.39 is 12.0 Å². The number of carbonyl (C=O) groups excluding carboxylic acids is 2. The van der Waals surface area contributed by atoms with Crippen molar-refractivity contribution in [2.75, 3.05) is 5.32 Å². The molecule has 6 nitrogen and oxygen atoms in total. The minimum atomic E-state index is -1.30. The van der Waals surface area contributed by atoms with Gasteiger partial charge in [0.15, 0.2) is 6.10 Å². The van der Waals surface area contributed by atoms with Crippen molar-refractivity contribution in [2.24, 2.45) is 5.10 Å². The molecule has 1 atom stereocenters. The molecule has 0 radical (unpaired) electrons. The minimum Gasteiger partial charge on any atom is -0.378 e. The van der Waals surface area contributed by atoms with Gasteiger partial charge in [0.05, 0.1) is 5.71 Å². The lowest BCUT2D eigenvalue weighted by molar-refractivity contribution is -0.129. The molecular formula is C23H20ClN3O3. The number of carbonyl (C=O) groups is 2. The molecule has 0 aliphatic rings. The molecule has 2 amide bonds. The van der Waals surface area contributed by atoms with Crippen molar-refractivity contribution in [1.29, 1.82) is 0 Å². The normalized spacial score (nSPS) is 12.2. The summed E-state index contributed by atoms with van der Waals surface area (Å²) in [6.45, 7) is 1.73. The molecule has 0 saturated carbocycles. The number of rotatable bonds is 6. The van der Waals surface area contributed by atoms with Crippen LogP contribution in [-0.4, -0.2) is 22.6 Å². The lowest BCUT2D eigenvalue weighted by Gasteiger charge is -2.10. The highest BCUT2D eigenvalue weighted by molar-refractivity contribution is 6.30. The molecule has 3 aromatic rings. The quantitative estimate of drug-likeness (QED) is 0.412. The number of halogens is 1. The Bertz CT molecular complexity index is 1050. The van der Waals surface area contributed by atoms with Gasteiger partial charge in [0, 0.05) is 16.3 Å². The number of aliphatic hydroxyl groups excluding tert-OH is 1. The maximum Gasteiger partial charge on any atom is 0.273 e. The van der Waals surface area contributed by atoms with Crippen molar-refractivity contribution < 1.29 is 14.7 Å². The summed E-state index contributed by atoms with van der Waals surface area (Å²) in [5, 5.41) is 17.5. The number of hydrogen-bond acceptors (Lipinski definition) is 4. The summed E-state index contributed by atoms with van der Waals surface area (Å²) < 4.78 is 0. The fourth-order valence-corrected chi connectivity index (χ4v) is 2.78. The standard InChI is InChI=1S/C23H20ClN3O3/c1-15(26-27-23(30)21(28)17-5-3-2-4-6-17)16-9-13-20(14-10-16)25-22(29)18-7-11-19(24)12-8-18/h2-14,21,28H,1H3,(H,25,29)(H,27,30)/b26-15-. The fourth-order valence-electron chi connectivity index (χ4n) is 2.65. The molecular weight excluding hydrogens is 402 g/mol. The zero-order chi connectivity index (χ0) is 21.5. The number of nitrogens with one attached hydrogen (secondary N) is 2. The number of benzene rings is 3. The van der Waals surface area contributed by atoms with E-state index in [1.54, 1.807) is 85.8 Å². The first kappa shape index (κ1) is 21.2. The van der Waals surface area contributed by atoms with Gasteiger partial charge in [-0.1, -0.05) is 54.1 Å². The van der Waals surface area contributed by atoms with E-state index in [0.29, 0.717) is 27.5 Å². The topological polar surface area (TPSA) is 90.8 Å². The van der Waals surface area contributed by atoms with E-state index in [2.05, 4.69) is 15.8 Å². The third-order valence-electron chi connectivity index (χ3n) is 4.36. The average Bonchev–Trinajstić information content (AvgIpc) is 2.78. The van der Waals surface area contributed by atoms with Crippen LogP contribution in [0.3, 0.4) is 0 Å². The van der Waals surface area contributed by atoms with Crippen molar-refractivity contribution in [3.8, 4) is 0 Å². The van der Waals surface area contributed by atoms with Crippen LogP contribution in [0.2, 0.25) is 5.02 Å². The highest BCUT2D eigenvalue weighted by atomic mass is 35.5. The summed E-state index contributed by atoms with van der Waals surface area (Å²) in [7, 11) is 0. The summed E-state index contributed by atoms with van der Waals surface area (Å²) in [5.74, 6) is -0.862. The largest absolute Gasteiger partial charge is 0.378 e. The van der Waals surface area contributed by atoms with Crippen LogP contribution in [0.5, 0.6) is 0 Å². The molecule has 0 bridgehead atoms. The molecule has 1 unspecified atom stereocenters. The van der Waals surface area contributed by atoms with Gasteiger partial charge in [-0.3, -0.25) is 9.59 Å². The van der Waals surface area contributed by atoms with Crippen molar-refractivity contribution >= 4 is 34.8 Å². The molecule has 0 spiro atoms. The molecule has 0 aliphatic carbocycles. The van der Waals surface area contributed by atoms with E-state index >= 15 is 0 Å². The van der Waals surface area contributed by atoms with Crippen molar-refractivity contribution in [3.63, 3.8) is 0 Å². The van der Waals surface area contributed by atoms with Gasteiger partial charge in [-0.25, -0.2) is 5.43 Å². The van der Waals surface area contributed by atoms with Crippen molar-refractivity contribution in [1.82, 2.24) is 5.43 Å². The number of nitrogens with zero attached hydrogens (tertiary/aromatic N) is 1. The highest BCUT2D eigenvalue weighted by Gasteiger charge is 2.16. The van der Waals surface area contributed by atoms with Gasteiger partial charge in [0.25, 0.3) is 11.8 Å². The first-order valence-electron chi connectivity index (χ1n) is 9.18. The van der Waals surface area contributed by atoms with E-state index in [-0.39, 0.29) is 5.91 Å². The Balaban J connectivity index is 1.60. The molecule has 0 aromatic heterocycles. The number of hydrazone groups is 1. The molecule has 7 heteroatoms. The SMILES string of the molecule is C/C(=N/NC(=O)C(O)c1ccccc1)c1ccc(NC(=O)c2ccc(Cl)cc2)cc1. The number of aliphatic hydroxyl groups is 1. The Kier molecular flexibility index (Phi) is 6.95. The molecule has 0 aliphatic heterocycles. The van der Waals surface area contributed by atoms with Gasteiger partial charge < -0.3 is 10.4 Å². The summed E-state index contributed by atoms with van der Waals surface area (Å²) in [6, 6.07) is 22.3. The maximum absolute atomic E-state index is 12.3. The summed E-state index contributed by atoms with van der Waals surface area (Å²) >= 11 is 5.83. The van der Waals surface area contributed by atoms with Crippen LogP contribution >= 0.6 is 11.6 Å². The Morgan fingerprint density at radius 3 is 2.13 bits per heavy atom. The van der Waals surface area contributed by atoms with Crippen molar-refractivity contribution in [2.45, 2.75) is 13.0 Å². The molecule has 30 heavy (non-hydrogen) atoms. The van der Waals surface area contributed by atoms with E-state index in [1.807, 2.05) is 0 Å². The lowest BCUT2D eigenvalue weighted by Crippen LogP contribution is -2.26. The van der Waals surface area contributed by atoms with Gasteiger partial charge in [-0.2, -0.15) is 5.10 Å². The second kappa shape index (κ2) is 9.82. The second-order valence-corrected chi connectivity index (χ2v) is 6.96. The third kappa shape index (κ3) is 5.53. The second-order valence-electron chi connectivity index (χ2n) is 6.52. The molecule has 0 saturated heterocycles. The zero-order valence-electron chi connectivity index (χ0n) is 16.2. The molecule has 3 N–H and O–H groups in total. The lowest BCUT2D eigenvalue weighted by atomic mass is 10.1. The monoisotopic (exact) mass is 421 g/mol. The van der Waals surface area contributed by atoms with Crippen LogP contribution in [0.1, 0.15) is 34.5 Å². The van der Waals surface area contributed by atoms with E-state index in [1.165, 1.54) is 0 Å². The van der Waals surface area contributed by atoms with Gasteiger partial charge in [-0.15, -0.1) is 0 Å². The average molecular weight is 422 g/mol. The number of amides is 2. The molecule has 3 aromatic carbocycles. The Morgan fingerprint density at radius 1 is 0.900 bits per heavy atom. The van der Waals surface area contributed by atoms with Crippen LogP contribution in [0, 0.1) is 0 Å². The predicted octanol–water partition coefficient (Wildman–Crippen LogP) is 4.17. The van der Waals surface area contributed by atoms with Gasteiger partial charge in [-0.05, 0) is 54.4 Å². The zero-order valence-corrected chi connectivity index (χ0v) is 16.9. The molecule has 0 fully saturated rings. The summed E-state index contributed by atoms with van der Waals surface area (Å²) in [4.78, 5) is 24.3. The first-order chi connectivity index (χ1) is 14.4. The highest BCUT2D eigenvalue weighted by Crippen LogP contribution is 2.15. The smallest absolute Gasteiger partial charge is 0.273 e. The Labute approximate surface area is 179 Å². The first-order valence-corrected chi connectivity index (χ1v) is 9.56. The van der Waals surface area contributed by atoms with E-state index in [9.17, 15) is 14.7 Å². The Morgan fingerprint density at radius 2 is 1.50 bits per heavy atom. The van der Waals surface area contributed by atoms with E-state index in [4.69, 9.17) is 11.6 Å². The van der Waals surface area contributed by atoms with E-state index in [0.717, 1.165) is 5.56 Å². The van der Waals surface area contributed by atoms with Crippen LogP contribution in [0.15, 0.2) is 84.0 Å². The van der Waals surface area contributed by atoms with Crippen LogP contribution in [0.4, 0.5) is 5.69 Å². The van der Waals surface area contributed by atoms with Gasteiger partial charge in [0.2, 0.25) is 0 Å². The number of hydrogen-bond donors (Lipinski definition) is 3. The van der Waals surface area contributed by atoms with Gasteiger partial charge in [0.1, 0.15) is 0 Å². The van der Waals surface area contributed by atoms with Crippen LogP contribution in [0.25, 0.3) is 0 Å². The predicted molar refractivity (Wildman–Crippen MR) is 118 cm³/mol. The molecule has 0 heterocycles. The molecule has 152 valence electrons. The fraction of sp³-hybridized carbons (Fsp3) is 0.0870. The minimum absolute atomic E-state index is 0.244. The number of anilines is 1. The van der Waals surface area contributed by atoms with Gasteiger partial charge >= 0.3 is 0 Å².